The lowest BCUT2D eigenvalue weighted by molar-refractivity contribution is 0.0963. The van der Waals surface area contributed by atoms with Gasteiger partial charge < -0.3 is 10.6 Å². The zero-order valence-electron chi connectivity index (χ0n) is 11.5. The molecule has 0 fully saturated rings. The molecule has 4 heteroatoms. The maximum Gasteiger partial charge on any atom is 0.251 e. The highest BCUT2D eigenvalue weighted by Gasteiger charge is 2.07. The first-order chi connectivity index (χ1) is 9.61. The molecule has 0 atom stereocenters. The number of rotatable bonds is 4. The van der Waals surface area contributed by atoms with Crippen molar-refractivity contribution in [1.29, 1.82) is 0 Å². The smallest absolute Gasteiger partial charge is 0.251 e. The minimum absolute atomic E-state index is 0.140. The minimum Gasteiger partial charge on any atom is -0.381 e. The molecule has 2 aromatic carbocycles. The Morgan fingerprint density at radius 1 is 1.20 bits per heavy atom. The lowest BCUT2D eigenvalue weighted by Gasteiger charge is -2.11. The van der Waals surface area contributed by atoms with Gasteiger partial charge in [0, 0.05) is 30.4 Å². The average Bonchev–Trinajstić information content (AvgIpc) is 2.47. The predicted octanol–water partition coefficient (Wildman–Crippen LogP) is 3.11. The van der Waals surface area contributed by atoms with E-state index in [1.165, 1.54) is 6.07 Å². The third-order valence-corrected chi connectivity index (χ3v) is 3.15. The molecule has 0 aliphatic rings. The second-order valence-electron chi connectivity index (χ2n) is 4.55. The van der Waals surface area contributed by atoms with E-state index in [1.54, 1.807) is 37.4 Å². The Morgan fingerprint density at radius 2 is 1.95 bits per heavy atom. The van der Waals surface area contributed by atoms with Crippen molar-refractivity contribution in [3.05, 3.63) is 65.0 Å². The SMILES string of the molecule is CNC(=O)c1ccc(C)c(NCc2ccccc2F)c1. The highest BCUT2D eigenvalue weighted by atomic mass is 19.1. The maximum absolute atomic E-state index is 13.6. The summed E-state index contributed by atoms with van der Waals surface area (Å²) in [5.74, 6) is -0.376. The van der Waals surface area contributed by atoms with Crippen molar-refractivity contribution >= 4 is 11.6 Å². The molecule has 2 rings (SSSR count). The van der Waals surface area contributed by atoms with Gasteiger partial charge >= 0.3 is 0 Å². The number of carbonyl (C=O) groups excluding carboxylic acids is 1. The zero-order chi connectivity index (χ0) is 14.5. The summed E-state index contributed by atoms with van der Waals surface area (Å²) >= 11 is 0. The Morgan fingerprint density at radius 3 is 2.65 bits per heavy atom. The molecule has 0 aromatic heterocycles. The fraction of sp³-hybridized carbons (Fsp3) is 0.188. The molecular formula is C16H17FN2O. The fourth-order valence-electron chi connectivity index (χ4n) is 1.93. The fourth-order valence-corrected chi connectivity index (χ4v) is 1.93. The second-order valence-corrected chi connectivity index (χ2v) is 4.55. The Balaban J connectivity index is 2.17. The van der Waals surface area contributed by atoms with E-state index in [0.29, 0.717) is 17.7 Å². The first kappa shape index (κ1) is 14.1. The van der Waals surface area contributed by atoms with Crippen LogP contribution >= 0.6 is 0 Å². The van der Waals surface area contributed by atoms with Crippen molar-refractivity contribution in [2.24, 2.45) is 0 Å². The molecule has 0 bridgehead atoms. The Hall–Kier alpha value is -2.36. The van der Waals surface area contributed by atoms with E-state index in [9.17, 15) is 9.18 Å². The first-order valence-electron chi connectivity index (χ1n) is 6.42. The molecular weight excluding hydrogens is 255 g/mol. The molecule has 0 spiro atoms. The third kappa shape index (κ3) is 3.15. The molecule has 0 radical (unpaired) electrons. The summed E-state index contributed by atoms with van der Waals surface area (Å²) in [4.78, 5) is 11.6. The van der Waals surface area contributed by atoms with Crippen LogP contribution < -0.4 is 10.6 Å². The molecule has 2 N–H and O–H groups in total. The lowest BCUT2D eigenvalue weighted by atomic mass is 10.1. The van der Waals surface area contributed by atoms with Gasteiger partial charge in [-0.15, -0.1) is 0 Å². The second kappa shape index (κ2) is 6.19. The summed E-state index contributed by atoms with van der Waals surface area (Å²) in [6.45, 7) is 2.32. The number of hydrogen-bond donors (Lipinski definition) is 2. The quantitative estimate of drug-likeness (QED) is 0.898. The van der Waals surface area contributed by atoms with Crippen molar-refractivity contribution < 1.29 is 9.18 Å². The van der Waals surface area contributed by atoms with Crippen molar-refractivity contribution in [2.75, 3.05) is 12.4 Å². The van der Waals surface area contributed by atoms with Crippen molar-refractivity contribution in [3.63, 3.8) is 0 Å². The Bertz CT molecular complexity index is 626. The molecule has 1 amide bonds. The van der Waals surface area contributed by atoms with Crippen LogP contribution in [-0.4, -0.2) is 13.0 Å². The topological polar surface area (TPSA) is 41.1 Å². The Labute approximate surface area is 117 Å². The number of hydrogen-bond acceptors (Lipinski definition) is 2. The summed E-state index contributed by atoms with van der Waals surface area (Å²) in [5, 5.41) is 5.75. The summed E-state index contributed by atoms with van der Waals surface area (Å²) in [5.41, 5.74) is 3.01. The van der Waals surface area contributed by atoms with E-state index in [-0.39, 0.29) is 11.7 Å². The maximum atomic E-state index is 13.6. The van der Waals surface area contributed by atoms with Gasteiger partial charge in [-0.25, -0.2) is 4.39 Å². The monoisotopic (exact) mass is 272 g/mol. The van der Waals surface area contributed by atoms with Crippen LogP contribution in [-0.2, 0) is 6.54 Å². The van der Waals surface area contributed by atoms with E-state index in [2.05, 4.69) is 10.6 Å². The van der Waals surface area contributed by atoms with Gasteiger partial charge in [-0.1, -0.05) is 24.3 Å². The van der Waals surface area contributed by atoms with E-state index < -0.39 is 0 Å². The number of amides is 1. The number of aryl methyl sites for hydroxylation is 1. The molecule has 3 nitrogen and oxygen atoms in total. The summed E-state index contributed by atoms with van der Waals surface area (Å²) in [7, 11) is 1.59. The normalized spacial score (nSPS) is 10.2. The van der Waals surface area contributed by atoms with Crippen LogP contribution in [0.1, 0.15) is 21.5 Å². The van der Waals surface area contributed by atoms with Gasteiger partial charge in [0.2, 0.25) is 0 Å². The van der Waals surface area contributed by atoms with Crippen LogP contribution in [0.3, 0.4) is 0 Å². The molecule has 0 aliphatic heterocycles. The minimum atomic E-state index is -0.236. The number of carbonyl (C=O) groups is 1. The Kier molecular flexibility index (Phi) is 4.35. The molecule has 104 valence electrons. The highest BCUT2D eigenvalue weighted by Crippen LogP contribution is 2.18. The van der Waals surface area contributed by atoms with Crippen molar-refractivity contribution in [1.82, 2.24) is 5.32 Å². The summed E-state index contributed by atoms with van der Waals surface area (Å²) in [6, 6.07) is 12.0. The van der Waals surface area contributed by atoms with Crippen LogP contribution in [0, 0.1) is 12.7 Å². The molecule has 20 heavy (non-hydrogen) atoms. The van der Waals surface area contributed by atoms with Gasteiger partial charge in [-0.2, -0.15) is 0 Å². The summed E-state index contributed by atoms with van der Waals surface area (Å²) in [6.07, 6.45) is 0. The number of anilines is 1. The van der Waals surface area contributed by atoms with Gasteiger partial charge in [0.25, 0.3) is 5.91 Å². The molecule has 0 unspecified atom stereocenters. The van der Waals surface area contributed by atoms with E-state index >= 15 is 0 Å². The number of nitrogens with one attached hydrogen (secondary N) is 2. The average molecular weight is 272 g/mol. The molecule has 2 aromatic rings. The summed E-state index contributed by atoms with van der Waals surface area (Å²) < 4.78 is 13.6. The van der Waals surface area contributed by atoms with Crippen LogP contribution in [0.5, 0.6) is 0 Å². The van der Waals surface area contributed by atoms with Crippen LogP contribution in [0.25, 0.3) is 0 Å². The van der Waals surface area contributed by atoms with Crippen LogP contribution in [0.4, 0.5) is 10.1 Å². The van der Waals surface area contributed by atoms with Gasteiger partial charge in [0.1, 0.15) is 5.82 Å². The largest absolute Gasteiger partial charge is 0.381 e. The van der Waals surface area contributed by atoms with Gasteiger partial charge in [0.05, 0.1) is 0 Å². The first-order valence-corrected chi connectivity index (χ1v) is 6.42. The lowest BCUT2D eigenvalue weighted by Crippen LogP contribution is -2.18. The number of benzene rings is 2. The van der Waals surface area contributed by atoms with Gasteiger partial charge in [0.15, 0.2) is 0 Å². The molecule has 0 aliphatic carbocycles. The molecule has 0 saturated carbocycles. The van der Waals surface area contributed by atoms with Crippen LogP contribution in [0.2, 0.25) is 0 Å². The van der Waals surface area contributed by atoms with Gasteiger partial charge in [-0.05, 0) is 30.7 Å². The van der Waals surface area contributed by atoms with Crippen LogP contribution in [0.15, 0.2) is 42.5 Å². The molecule has 0 heterocycles. The van der Waals surface area contributed by atoms with Crippen molar-refractivity contribution in [3.8, 4) is 0 Å². The van der Waals surface area contributed by atoms with E-state index in [0.717, 1.165) is 11.3 Å². The number of halogens is 1. The molecule has 0 saturated heterocycles. The van der Waals surface area contributed by atoms with Gasteiger partial charge in [-0.3, -0.25) is 4.79 Å². The predicted molar refractivity (Wildman–Crippen MR) is 78.3 cm³/mol. The van der Waals surface area contributed by atoms with Crippen molar-refractivity contribution in [2.45, 2.75) is 13.5 Å². The highest BCUT2D eigenvalue weighted by molar-refractivity contribution is 5.95. The third-order valence-electron chi connectivity index (χ3n) is 3.15. The standard InChI is InChI=1S/C16H17FN2O/c1-11-7-8-12(16(20)18-2)9-15(11)19-10-13-5-3-4-6-14(13)17/h3-9,19H,10H2,1-2H3,(H,18,20). The van der Waals surface area contributed by atoms with E-state index in [4.69, 9.17) is 0 Å². The zero-order valence-corrected chi connectivity index (χ0v) is 11.5. The van der Waals surface area contributed by atoms with E-state index in [1.807, 2.05) is 13.0 Å².